The van der Waals surface area contributed by atoms with Gasteiger partial charge in [0, 0.05) is 54.2 Å². The fraction of sp³-hybridized carbons (Fsp3) is 0.237. The van der Waals surface area contributed by atoms with Crippen LogP contribution in [0.25, 0.3) is 50.5 Å². The quantitative estimate of drug-likeness (QED) is 0.0339. The number of imidazole rings is 5. The summed E-state index contributed by atoms with van der Waals surface area (Å²) in [5.41, 5.74) is 14.1. The zero-order valence-electron chi connectivity index (χ0n) is 61.7. The molecule has 25 nitrogen and oxygen atoms in total. The molecule has 10 N–H and O–H groups in total. The monoisotopic (exact) mass is 1920 g/mol. The molecule has 0 saturated heterocycles. The fourth-order valence-corrected chi connectivity index (χ4v) is 12.1. The maximum absolute atomic E-state index is 13.7. The third-order valence-electron chi connectivity index (χ3n) is 17.0. The molecule has 13 aromatic rings. The molecule has 8 atom stereocenters. The molecule has 4 amide bonds. The van der Waals surface area contributed by atoms with Crippen molar-refractivity contribution in [1.82, 2.24) is 46.9 Å². The van der Waals surface area contributed by atoms with Crippen molar-refractivity contribution in [2.75, 3.05) is 27.0 Å². The Labute approximate surface area is 707 Å². The number of fused-ring (bicyclic) bond motifs is 5. The summed E-state index contributed by atoms with van der Waals surface area (Å²) < 4.78 is 108. The van der Waals surface area contributed by atoms with Crippen molar-refractivity contribution in [1.29, 1.82) is 0 Å². The SMILES string of the molecule is CC.CC(=O)Nc1cn2cc(I)ccc2n1.Cc1c(F)cccc1-c1ccc2nc(NC(=O)[C@@H]3C[C@@H]3F)cn2c1.Cc1c(F)cccc1-c1ccc2nc(NC(=O)[C@@H]3C[C@@H]3F)cn2c1.Cc1c(F)cccc1O[B]O.Cl.Nc1cn2cc(I)ccc2n1.O=C(Nc1cn2cc(I)ccc2n1)[C@@H]1C[C@@H]1F.O=C(O)[C@@H]1C[C@@H]1F.[Li+].[OH-].[OH-]. The molecule has 4 aliphatic carbocycles. The van der Waals surface area contributed by atoms with Gasteiger partial charge < -0.3 is 74.7 Å². The van der Waals surface area contributed by atoms with Crippen molar-refractivity contribution < 1.29 is 99.3 Å². The number of hydrogen-bond donors (Lipinski definition) is 7. The van der Waals surface area contributed by atoms with Gasteiger partial charge in [-0.15, -0.1) is 12.4 Å². The molecule has 0 bridgehead atoms. The van der Waals surface area contributed by atoms with Crippen LogP contribution in [-0.4, -0.2) is 130 Å². The number of nitrogens with one attached hydrogen (secondary N) is 4. The van der Waals surface area contributed by atoms with E-state index in [1.165, 1.54) is 34.8 Å². The van der Waals surface area contributed by atoms with Crippen LogP contribution in [0.3, 0.4) is 0 Å². The van der Waals surface area contributed by atoms with Crippen molar-refractivity contribution in [3.05, 3.63) is 222 Å². The number of carbonyl (C=O) groups excluding carboxylic acids is 4. The summed E-state index contributed by atoms with van der Waals surface area (Å²) >= 11 is 6.67. The number of anilines is 5. The minimum Gasteiger partial charge on any atom is -0.870 e. The van der Waals surface area contributed by atoms with Crippen LogP contribution in [-0.2, 0) is 24.0 Å². The molecule has 38 heteroatoms. The van der Waals surface area contributed by atoms with Gasteiger partial charge in [0.1, 0.15) is 81.9 Å². The average Bonchev–Trinajstić information content (AvgIpc) is 1.65. The van der Waals surface area contributed by atoms with Gasteiger partial charge in [-0.3, -0.25) is 24.0 Å². The van der Waals surface area contributed by atoms with Crippen LogP contribution in [0.5, 0.6) is 5.75 Å². The van der Waals surface area contributed by atoms with E-state index in [1.807, 2.05) is 119 Å². The van der Waals surface area contributed by atoms with E-state index in [-0.39, 0.29) is 103 Å². The number of nitrogens with zero attached hydrogens (tertiary/aromatic N) is 10. The van der Waals surface area contributed by atoms with Gasteiger partial charge in [0.05, 0.1) is 54.7 Å². The number of halogens is 11. The summed E-state index contributed by atoms with van der Waals surface area (Å²) in [5.74, 6) is -2.50. The van der Waals surface area contributed by atoms with Crippen molar-refractivity contribution in [3.63, 3.8) is 0 Å². The fourth-order valence-electron chi connectivity index (χ4n) is 10.6. The molecular weight excluding hydrogens is 1850 g/mol. The Morgan fingerprint density at radius 1 is 0.456 bits per heavy atom. The first kappa shape index (κ1) is 93.5. The van der Waals surface area contributed by atoms with Gasteiger partial charge in [-0.05, 0) is 233 Å². The van der Waals surface area contributed by atoms with Gasteiger partial charge in [0.15, 0.2) is 23.3 Å². The normalized spacial score (nSPS) is 17.2. The van der Waals surface area contributed by atoms with E-state index in [9.17, 15) is 54.7 Å². The Kier molecular flexibility index (Phi) is 34.7. The Hall–Kier alpha value is -9.41. The number of amides is 4. The summed E-state index contributed by atoms with van der Waals surface area (Å²) in [6, 6.07) is 33.3. The molecule has 1 radical (unpaired) electrons. The van der Waals surface area contributed by atoms with Crippen molar-refractivity contribution in [3.8, 4) is 28.0 Å². The molecule has 0 unspecified atom stereocenters. The number of benzene rings is 3. The number of carboxylic acid groups (broad SMARTS) is 1. The Morgan fingerprint density at radius 2 is 0.754 bits per heavy atom. The van der Waals surface area contributed by atoms with Crippen LogP contribution in [0.1, 0.15) is 63.1 Å². The summed E-state index contributed by atoms with van der Waals surface area (Å²) in [5, 5.41) is 26.8. The number of pyridine rings is 5. The number of nitrogen functional groups attached to an aromatic ring is 1. The molecule has 0 spiro atoms. The van der Waals surface area contributed by atoms with Gasteiger partial charge in [0.2, 0.25) is 23.6 Å². The Bertz CT molecular complexity index is 5380. The first-order valence-corrected chi connectivity index (χ1v) is 37.3. The van der Waals surface area contributed by atoms with E-state index in [4.69, 9.17) is 15.9 Å². The second kappa shape index (κ2) is 42.3. The topological polar surface area (TPSA) is 356 Å². The number of aliphatic carboxylic acids is 1. The zero-order chi connectivity index (χ0) is 79.4. The molecular formula is C76H74BClF7I3LiN15O10-. The second-order valence-electron chi connectivity index (χ2n) is 25.2. The molecule has 10 aromatic heterocycles. The van der Waals surface area contributed by atoms with E-state index in [1.54, 1.807) is 90.9 Å². The summed E-state index contributed by atoms with van der Waals surface area (Å²) in [6.45, 7) is 10.5. The smallest absolute Gasteiger partial charge is 0.870 e. The van der Waals surface area contributed by atoms with Crippen LogP contribution in [0.2, 0.25) is 0 Å². The molecule has 595 valence electrons. The standard InChI is InChI=1S/2C18H15F2N3O.C11H9FIN3O.C9H8IN3O.C7H7BFO2.C7H6IN3.C4H5FO2.C2H6.ClH.Li.2H2O/c2*1-10-12(3-2-4-14(10)19)11-5-6-17-21-16(9-23(17)8-11)22-18(24)13-7-15(13)20;12-8-3-7(8)11(17)15-9-5-16-4-6(13)1-2-10(16)14-9;1-6(14)11-8-5-13-4-7(10)2-3-9(13)12-8;1-5-6(9)3-2-4-7(5)11-8-10;8-5-1-2-7-10-6(9)4-11(7)3-5;5-3-1-2(3)4(6)7;1-2;;;;/h2*2-6,8-9,13,15H,7H2,1H3,(H,22,24);1-2,4-5,7-8H,3H2,(H,15,17);2-5H,1H3,(H,11,14);2-4,10H,1H3;1-4H,9H2;2-3H,1H2,(H,6,7);1-2H3;1H;;2*1H2/q;;;;;;;;;+1;;/p-2/t2*13-,15+;7-,8+;;;;2-,3+;;;;;/m111...1...../s1. The number of carbonyl (C=O) groups is 5. The minimum absolute atomic E-state index is 0. The minimum atomic E-state index is -1.06. The largest absolute Gasteiger partial charge is 1.00 e. The first-order chi connectivity index (χ1) is 52.6. The first-order valence-electron chi connectivity index (χ1n) is 34.1. The van der Waals surface area contributed by atoms with E-state index in [0.29, 0.717) is 76.9 Å². The average molecular weight is 1920 g/mol. The summed E-state index contributed by atoms with van der Waals surface area (Å²) in [4.78, 5) is 76.8. The maximum Gasteiger partial charge on any atom is 1.00 e. The molecule has 4 fully saturated rings. The number of nitrogens with two attached hydrogens (primary N) is 1. The Balaban J connectivity index is 0.000000211. The van der Waals surface area contributed by atoms with E-state index >= 15 is 0 Å². The van der Waals surface area contributed by atoms with Crippen LogP contribution in [0.15, 0.2) is 177 Å². The van der Waals surface area contributed by atoms with Crippen LogP contribution in [0, 0.1) is 72.6 Å². The molecule has 3 aromatic carbocycles. The molecule has 114 heavy (non-hydrogen) atoms. The maximum atomic E-state index is 13.7. The zero-order valence-corrected chi connectivity index (χ0v) is 69.0. The Morgan fingerprint density at radius 3 is 1.07 bits per heavy atom. The molecule has 0 aliphatic heterocycles. The van der Waals surface area contributed by atoms with Crippen LogP contribution in [0.4, 0.5) is 59.8 Å². The molecule has 10 heterocycles. The third-order valence-corrected chi connectivity index (χ3v) is 18.9. The molecule has 17 rings (SSSR count). The van der Waals surface area contributed by atoms with E-state index in [0.717, 1.165) is 46.3 Å². The predicted octanol–water partition coefficient (Wildman–Crippen LogP) is 12.7. The van der Waals surface area contributed by atoms with Gasteiger partial charge in [-0.2, -0.15) is 0 Å². The predicted molar refractivity (Wildman–Crippen MR) is 441 cm³/mol. The van der Waals surface area contributed by atoms with Crippen LogP contribution < -0.4 is 50.5 Å². The number of carboxylic acids is 1. The summed E-state index contributed by atoms with van der Waals surface area (Å²) in [6.07, 6.45) is 15.2. The van der Waals surface area contributed by atoms with Gasteiger partial charge in [-0.1, -0.05) is 44.2 Å². The molecule has 4 saturated carbocycles. The summed E-state index contributed by atoms with van der Waals surface area (Å²) in [7, 11) is 0.530. The number of aromatic nitrogens is 10. The number of rotatable bonds is 12. The van der Waals surface area contributed by atoms with E-state index < -0.39 is 54.3 Å². The van der Waals surface area contributed by atoms with Crippen molar-refractivity contribution in [2.24, 2.45) is 23.7 Å². The van der Waals surface area contributed by atoms with Crippen molar-refractivity contribution >= 4 is 175 Å². The second-order valence-corrected chi connectivity index (χ2v) is 28.9. The number of hydrogen-bond acceptors (Lipinski definition) is 15. The van der Waals surface area contributed by atoms with Crippen LogP contribution >= 0.6 is 80.2 Å². The van der Waals surface area contributed by atoms with Gasteiger partial charge in [-0.25, -0.2) is 55.7 Å². The van der Waals surface area contributed by atoms with Crippen molar-refractivity contribution in [2.45, 2.75) is 91.9 Å². The molecule has 4 aliphatic rings. The third kappa shape index (κ3) is 25.3. The van der Waals surface area contributed by atoms with Gasteiger partial charge in [0.25, 0.3) is 0 Å². The number of alkyl halides is 4. The van der Waals surface area contributed by atoms with E-state index in [2.05, 4.69) is 119 Å². The van der Waals surface area contributed by atoms with Gasteiger partial charge >= 0.3 is 32.5 Å².